The molecule has 0 unspecified atom stereocenters. The van der Waals surface area contributed by atoms with Crippen LogP contribution in [-0.2, 0) is 17.9 Å². The molecule has 2 aromatic carbocycles. The summed E-state index contributed by atoms with van der Waals surface area (Å²) in [4.78, 5) is 31.7. The molecule has 4 rings (SSSR count). The van der Waals surface area contributed by atoms with Gasteiger partial charge in [-0.3, -0.25) is 9.69 Å². The first-order chi connectivity index (χ1) is 19.2. The fourth-order valence-electron chi connectivity index (χ4n) is 5.19. The van der Waals surface area contributed by atoms with Crippen LogP contribution in [0.1, 0.15) is 50.8 Å². The Morgan fingerprint density at radius 3 is 2.62 bits per heavy atom. The number of fused-ring (bicyclic) bond motifs is 1. The summed E-state index contributed by atoms with van der Waals surface area (Å²) in [5.41, 5.74) is 3.47. The number of nitrogens with zero attached hydrogens (tertiary/aromatic N) is 4. The maximum absolute atomic E-state index is 13.9. The maximum Gasteiger partial charge on any atom is 0.325 e. The van der Waals surface area contributed by atoms with E-state index in [1.165, 1.54) is 0 Å². The van der Waals surface area contributed by atoms with Gasteiger partial charge in [-0.25, -0.2) is 4.79 Å². The normalized spacial score (nSPS) is 15.6. The molecule has 0 radical (unpaired) electrons. The smallest absolute Gasteiger partial charge is 0.325 e. The Kier molecular flexibility index (Phi) is 9.51. The highest BCUT2D eigenvalue weighted by atomic mass is 35.5. The summed E-state index contributed by atoms with van der Waals surface area (Å²) >= 11 is 6.85. The van der Waals surface area contributed by atoms with Crippen LogP contribution in [0, 0.1) is 6.92 Å². The van der Waals surface area contributed by atoms with Gasteiger partial charge >= 0.3 is 6.03 Å². The fourth-order valence-corrected chi connectivity index (χ4v) is 5.52. The van der Waals surface area contributed by atoms with Crippen LogP contribution >= 0.6 is 11.6 Å². The van der Waals surface area contributed by atoms with E-state index in [-0.39, 0.29) is 24.5 Å². The van der Waals surface area contributed by atoms with Gasteiger partial charge in [-0.2, -0.15) is 0 Å². The Bertz CT molecular complexity index is 1370. The monoisotopic (exact) mass is 568 g/mol. The molecule has 8 nitrogen and oxygen atoms in total. The van der Waals surface area contributed by atoms with Crippen LogP contribution in [0.5, 0.6) is 11.5 Å². The summed E-state index contributed by atoms with van der Waals surface area (Å²) in [6.07, 6.45) is 4.02. The molecule has 3 amide bonds. The Balaban J connectivity index is 1.61. The Hall–Kier alpha value is -3.39. The maximum atomic E-state index is 13.9. The number of likely N-dealkylation sites (N-methyl/N-ethyl adjacent to an activating group) is 1. The largest absolute Gasteiger partial charge is 0.493 e. The van der Waals surface area contributed by atoms with E-state index >= 15 is 0 Å². The highest BCUT2D eigenvalue weighted by Gasteiger charge is 2.33. The molecule has 0 saturated carbocycles. The zero-order chi connectivity index (χ0) is 29.0. The van der Waals surface area contributed by atoms with E-state index < -0.39 is 0 Å². The van der Waals surface area contributed by atoms with Crippen LogP contribution in [0.4, 0.5) is 10.5 Å². The van der Waals surface area contributed by atoms with Gasteiger partial charge in [-0.15, -0.1) is 0 Å². The first-order valence-corrected chi connectivity index (χ1v) is 14.4. The number of unbranched alkanes of at least 4 members (excludes halogenated alkanes) is 2. The van der Waals surface area contributed by atoms with E-state index in [0.29, 0.717) is 36.2 Å². The third kappa shape index (κ3) is 6.02. The second-order valence-corrected chi connectivity index (χ2v) is 11.1. The van der Waals surface area contributed by atoms with Crippen molar-refractivity contribution in [3.8, 4) is 11.5 Å². The molecule has 0 aliphatic carbocycles. The number of methoxy groups -OCH3 is 1. The van der Waals surface area contributed by atoms with Crippen molar-refractivity contribution in [2.75, 3.05) is 39.3 Å². The van der Waals surface area contributed by atoms with Gasteiger partial charge in [0.25, 0.3) is 0 Å². The molecule has 1 atom stereocenters. The molecule has 1 fully saturated rings. The highest BCUT2D eigenvalue weighted by Crippen LogP contribution is 2.36. The van der Waals surface area contributed by atoms with Gasteiger partial charge in [-0.1, -0.05) is 43.5 Å². The molecule has 216 valence electrons. The number of halogens is 1. The average molecular weight is 569 g/mol. The van der Waals surface area contributed by atoms with Crippen LogP contribution in [0.25, 0.3) is 10.9 Å². The van der Waals surface area contributed by atoms with Crippen molar-refractivity contribution in [3.63, 3.8) is 0 Å². The van der Waals surface area contributed by atoms with E-state index in [1.54, 1.807) is 26.1 Å². The third-order valence-corrected chi connectivity index (χ3v) is 8.20. The highest BCUT2D eigenvalue weighted by molar-refractivity contribution is 6.36. The topological polar surface area (TPSA) is 67.2 Å². The number of hydrogen-bond donors (Lipinski definition) is 0. The summed E-state index contributed by atoms with van der Waals surface area (Å²) in [5.74, 6) is 1.30. The van der Waals surface area contributed by atoms with Gasteiger partial charge in [0.1, 0.15) is 6.54 Å². The number of carbonyl (C=O) groups is 2. The summed E-state index contributed by atoms with van der Waals surface area (Å²) in [6.45, 7) is 8.01. The minimum Gasteiger partial charge on any atom is -0.493 e. The predicted octanol–water partition coefficient (Wildman–Crippen LogP) is 6.49. The standard InChI is InChI=1S/C31H41ClN4O4/c1-7-8-9-17-40-27-18-24(13-14-26(27)39-6)34-16-15-21(2)35(31(34)38)19-23-11-10-12-25-29(23)30(32)22(3)36(25)20-28(37)33(4)5/h10-14,18,21H,7-9,15-17,19-20H2,1-6H3/t21-/m0/s1. The van der Waals surface area contributed by atoms with Gasteiger partial charge in [0.05, 0.1) is 24.3 Å². The van der Waals surface area contributed by atoms with E-state index in [2.05, 4.69) is 13.8 Å². The summed E-state index contributed by atoms with van der Waals surface area (Å²) < 4.78 is 13.5. The van der Waals surface area contributed by atoms with Crippen LogP contribution in [-0.4, -0.2) is 66.7 Å². The molecular formula is C31H41ClN4O4. The predicted molar refractivity (Wildman–Crippen MR) is 161 cm³/mol. The Morgan fingerprint density at radius 1 is 1.15 bits per heavy atom. The SMILES string of the molecule is CCCCCOc1cc(N2CC[C@H](C)N(Cc3cccc4c3c(Cl)c(C)n4CC(=O)N(C)C)C2=O)ccc1OC. The van der Waals surface area contributed by atoms with Crippen molar-refractivity contribution >= 4 is 40.1 Å². The number of benzene rings is 2. The summed E-state index contributed by atoms with van der Waals surface area (Å²) in [5, 5.41) is 1.50. The lowest BCUT2D eigenvalue weighted by Crippen LogP contribution is -2.53. The minimum absolute atomic E-state index is 0.00857. The first kappa shape index (κ1) is 29.6. The number of urea groups is 1. The molecule has 40 heavy (non-hydrogen) atoms. The molecule has 1 aromatic heterocycles. The van der Waals surface area contributed by atoms with E-state index in [0.717, 1.165) is 53.5 Å². The minimum atomic E-state index is -0.0621. The quantitative estimate of drug-likeness (QED) is 0.248. The van der Waals surface area contributed by atoms with E-state index in [9.17, 15) is 9.59 Å². The number of aromatic nitrogens is 1. The number of hydrogen-bond acceptors (Lipinski definition) is 4. The molecular weight excluding hydrogens is 528 g/mol. The third-order valence-electron chi connectivity index (χ3n) is 7.74. The fraction of sp³-hybridized carbons (Fsp3) is 0.484. The molecule has 9 heteroatoms. The van der Waals surface area contributed by atoms with Gasteiger partial charge in [-0.05, 0) is 50.5 Å². The average Bonchev–Trinajstić information content (AvgIpc) is 3.18. The van der Waals surface area contributed by atoms with Crippen LogP contribution in [0.15, 0.2) is 36.4 Å². The lowest BCUT2D eigenvalue weighted by atomic mass is 10.1. The number of rotatable bonds is 11. The van der Waals surface area contributed by atoms with Gasteiger partial charge in [0.2, 0.25) is 5.91 Å². The van der Waals surface area contributed by atoms with Crippen molar-refractivity contribution in [2.24, 2.45) is 0 Å². The second kappa shape index (κ2) is 12.9. The molecule has 2 heterocycles. The molecule has 0 spiro atoms. The summed E-state index contributed by atoms with van der Waals surface area (Å²) in [7, 11) is 5.12. The summed E-state index contributed by atoms with van der Waals surface area (Å²) in [6, 6.07) is 11.6. The van der Waals surface area contributed by atoms with Crippen molar-refractivity contribution < 1.29 is 19.1 Å². The van der Waals surface area contributed by atoms with Crippen molar-refractivity contribution in [1.29, 1.82) is 0 Å². The molecule has 0 N–H and O–H groups in total. The number of amides is 3. The molecule has 3 aromatic rings. The van der Waals surface area contributed by atoms with Crippen molar-refractivity contribution in [3.05, 3.63) is 52.7 Å². The zero-order valence-corrected chi connectivity index (χ0v) is 25.3. The second-order valence-electron chi connectivity index (χ2n) is 10.7. The van der Waals surface area contributed by atoms with Crippen molar-refractivity contribution in [1.82, 2.24) is 14.4 Å². The van der Waals surface area contributed by atoms with Gasteiger partial charge < -0.3 is 23.8 Å². The number of ether oxygens (including phenoxy) is 2. The van der Waals surface area contributed by atoms with E-state index in [1.807, 2.05) is 57.7 Å². The molecule has 1 saturated heterocycles. The molecule has 1 aliphatic heterocycles. The van der Waals surface area contributed by atoms with E-state index in [4.69, 9.17) is 21.1 Å². The molecule has 1 aliphatic rings. The number of anilines is 1. The Labute approximate surface area is 242 Å². The van der Waals surface area contributed by atoms with Crippen LogP contribution in [0.3, 0.4) is 0 Å². The Morgan fingerprint density at radius 2 is 1.93 bits per heavy atom. The number of carbonyl (C=O) groups excluding carboxylic acids is 2. The lowest BCUT2D eigenvalue weighted by Gasteiger charge is -2.40. The first-order valence-electron chi connectivity index (χ1n) is 14.0. The van der Waals surface area contributed by atoms with Gasteiger partial charge in [0, 0.05) is 56.1 Å². The molecule has 0 bridgehead atoms. The van der Waals surface area contributed by atoms with Crippen LogP contribution < -0.4 is 14.4 Å². The lowest BCUT2D eigenvalue weighted by molar-refractivity contribution is -0.129. The van der Waals surface area contributed by atoms with Crippen LogP contribution in [0.2, 0.25) is 5.02 Å². The van der Waals surface area contributed by atoms with Crippen molar-refractivity contribution in [2.45, 2.75) is 65.6 Å². The zero-order valence-electron chi connectivity index (χ0n) is 24.5. The van der Waals surface area contributed by atoms with Gasteiger partial charge in [0.15, 0.2) is 11.5 Å².